The van der Waals surface area contributed by atoms with Crippen LogP contribution in [0.1, 0.15) is 57.8 Å². The molecule has 2 aliphatic rings. The van der Waals surface area contributed by atoms with Gasteiger partial charge in [-0.15, -0.1) is 0 Å². The van der Waals surface area contributed by atoms with Crippen molar-refractivity contribution in [2.45, 2.75) is 69.9 Å². The predicted octanol–water partition coefficient (Wildman–Crippen LogP) is 1.95. The zero-order valence-electron chi connectivity index (χ0n) is 10.1. The zero-order chi connectivity index (χ0) is 11.4. The van der Waals surface area contributed by atoms with Gasteiger partial charge in [-0.2, -0.15) is 0 Å². The first-order valence-corrected chi connectivity index (χ1v) is 6.83. The summed E-state index contributed by atoms with van der Waals surface area (Å²) in [6, 6.07) is 0.421. The van der Waals surface area contributed by atoms with Gasteiger partial charge in [-0.05, 0) is 25.7 Å². The van der Waals surface area contributed by atoms with E-state index in [2.05, 4.69) is 5.32 Å². The van der Waals surface area contributed by atoms with Crippen molar-refractivity contribution >= 4 is 5.91 Å². The van der Waals surface area contributed by atoms with E-state index in [-0.39, 0.29) is 23.9 Å². The van der Waals surface area contributed by atoms with Gasteiger partial charge in [-0.25, -0.2) is 0 Å². The van der Waals surface area contributed by atoms with Crippen LogP contribution in [0.15, 0.2) is 0 Å². The Bertz CT molecular complexity index is 236. The first-order chi connectivity index (χ1) is 7.77. The molecule has 0 radical (unpaired) electrons. The van der Waals surface area contributed by atoms with Crippen LogP contribution in [-0.4, -0.2) is 18.0 Å². The molecule has 16 heavy (non-hydrogen) atoms. The summed E-state index contributed by atoms with van der Waals surface area (Å²) in [6.07, 6.45) is 10.5. The molecule has 1 amide bonds. The van der Waals surface area contributed by atoms with E-state index in [1.54, 1.807) is 0 Å². The van der Waals surface area contributed by atoms with Crippen molar-refractivity contribution in [1.82, 2.24) is 5.32 Å². The minimum absolute atomic E-state index is 0.182. The third kappa shape index (κ3) is 2.97. The Hall–Kier alpha value is -0.570. The quantitative estimate of drug-likeness (QED) is 0.753. The van der Waals surface area contributed by atoms with Gasteiger partial charge in [0.25, 0.3) is 0 Å². The van der Waals surface area contributed by atoms with Gasteiger partial charge < -0.3 is 11.1 Å². The lowest BCUT2D eigenvalue weighted by molar-refractivity contribution is -0.127. The van der Waals surface area contributed by atoms with Crippen LogP contribution in [0.25, 0.3) is 0 Å². The molecule has 92 valence electrons. The first-order valence-electron chi connectivity index (χ1n) is 6.83. The highest BCUT2D eigenvalue weighted by Crippen LogP contribution is 2.24. The Balaban J connectivity index is 1.80. The third-order valence-electron chi connectivity index (χ3n) is 4.12. The summed E-state index contributed by atoms with van der Waals surface area (Å²) in [5, 5.41) is 3.17. The van der Waals surface area contributed by atoms with Crippen LogP contribution in [0.4, 0.5) is 0 Å². The van der Waals surface area contributed by atoms with Crippen LogP contribution in [-0.2, 0) is 4.79 Å². The van der Waals surface area contributed by atoms with Crippen LogP contribution in [0, 0.1) is 5.92 Å². The molecule has 0 aromatic carbocycles. The lowest BCUT2D eigenvalue weighted by Crippen LogP contribution is -2.50. The molecule has 2 atom stereocenters. The second-order valence-electron chi connectivity index (χ2n) is 5.40. The summed E-state index contributed by atoms with van der Waals surface area (Å²) in [4.78, 5) is 12.0. The van der Waals surface area contributed by atoms with E-state index in [0.717, 1.165) is 25.7 Å². The van der Waals surface area contributed by atoms with E-state index < -0.39 is 0 Å². The van der Waals surface area contributed by atoms with Gasteiger partial charge in [0.05, 0.1) is 0 Å². The summed E-state index contributed by atoms with van der Waals surface area (Å²) in [7, 11) is 0. The zero-order valence-corrected chi connectivity index (χ0v) is 10.1. The predicted molar refractivity (Wildman–Crippen MR) is 64.9 cm³/mol. The van der Waals surface area contributed by atoms with E-state index in [0.29, 0.717) is 0 Å². The van der Waals surface area contributed by atoms with Crippen LogP contribution in [0.5, 0.6) is 0 Å². The van der Waals surface area contributed by atoms with Crippen molar-refractivity contribution < 1.29 is 4.79 Å². The van der Waals surface area contributed by atoms with E-state index in [9.17, 15) is 4.79 Å². The van der Waals surface area contributed by atoms with Crippen LogP contribution in [0.2, 0.25) is 0 Å². The van der Waals surface area contributed by atoms with Gasteiger partial charge in [0.1, 0.15) is 0 Å². The number of nitrogens with two attached hydrogens (primary N) is 1. The number of carbonyl (C=O) groups is 1. The third-order valence-corrected chi connectivity index (χ3v) is 4.12. The Morgan fingerprint density at radius 1 is 0.938 bits per heavy atom. The summed E-state index contributed by atoms with van der Waals surface area (Å²) in [6.45, 7) is 0. The molecule has 2 fully saturated rings. The average Bonchev–Trinajstić information content (AvgIpc) is 2.33. The molecule has 2 saturated carbocycles. The van der Waals surface area contributed by atoms with Gasteiger partial charge >= 0.3 is 0 Å². The van der Waals surface area contributed by atoms with Crippen LogP contribution in [0.3, 0.4) is 0 Å². The van der Waals surface area contributed by atoms with E-state index in [1.165, 1.54) is 32.1 Å². The van der Waals surface area contributed by atoms with E-state index in [1.807, 2.05) is 0 Å². The standard InChI is InChI=1S/C13H24N2O/c14-11-8-4-5-9-12(11)15-13(16)10-6-2-1-3-7-10/h10-12H,1-9,14H2,(H,15,16)/t11-,12-/m1/s1. The Kier molecular flexibility index (Phi) is 4.22. The molecule has 0 aromatic rings. The van der Waals surface area contributed by atoms with Crippen molar-refractivity contribution in [3.8, 4) is 0 Å². The monoisotopic (exact) mass is 224 g/mol. The van der Waals surface area contributed by atoms with E-state index >= 15 is 0 Å². The molecule has 0 aromatic heterocycles. The van der Waals surface area contributed by atoms with Crippen molar-refractivity contribution in [3.63, 3.8) is 0 Å². The topological polar surface area (TPSA) is 55.1 Å². The number of rotatable bonds is 2. The highest BCUT2D eigenvalue weighted by atomic mass is 16.1. The van der Waals surface area contributed by atoms with Gasteiger partial charge in [0.15, 0.2) is 0 Å². The van der Waals surface area contributed by atoms with Crippen LogP contribution < -0.4 is 11.1 Å². The lowest BCUT2D eigenvalue weighted by atomic mass is 9.87. The maximum atomic E-state index is 12.0. The minimum atomic E-state index is 0.182. The smallest absolute Gasteiger partial charge is 0.223 e. The van der Waals surface area contributed by atoms with E-state index in [4.69, 9.17) is 5.73 Å². The Labute approximate surface area is 98.2 Å². The normalized spacial score (nSPS) is 32.3. The van der Waals surface area contributed by atoms with Gasteiger partial charge in [-0.3, -0.25) is 4.79 Å². The minimum Gasteiger partial charge on any atom is -0.352 e. The SMILES string of the molecule is N[C@@H]1CCCC[C@H]1NC(=O)C1CCCCC1. The molecular weight excluding hydrogens is 200 g/mol. The summed E-state index contributed by atoms with van der Waals surface area (Å²) >= 11 is 0. The second-order valence-corrected chi connectivity index (χ2v) is 5.40. The molecule has 0 heterocycles. The Morgan fingerprint density at radius 2 is 1.56 bits per heavy atom. The Morgan fingerprint density at radius 3 is 2.25 bits per heavy atom. The number of hydrogen-bond acceptors (Lipinski definition) is 2. The van der Waals surface area contributed by atoms with Crippen molar-refractivity contribution in [1.29, 1.82) is 0 Å². The number of amides is 1. The largest absolute Gasteiger partial charge is 0.352 e. The maximum Gasteiger partial charge on any atom is 0.223 e. The summed E-state index contributed by atoms with van der Waals surface area (Å²) < 4.78 is 0. The molecule has 3 heteroatoms. The molecular formula is C13H24N2O. The first kappa shape index (κ1) is 11.9. The van der Waals surface area contributed by atoms with Crippen LogP contribution >= 0.6 is 0 Å². The van der Waals surface area contributed by atoms with Gasteiger partial charge in [0.2, 0.25) is 5.91 Å². The van der Waals surface area contributed by atoms with Crippen molar-refractivity contribution in [2.24, 2.45) is 11.7 Å². The molecule has 0 unspecified atom stereocenters. The fourth-order valence-electron chi connectivity index (χ4n) is 3.00. The molecule has 2 aliphatic carbocycles. The van der Waals surface area contributed by atoms with Crippen molar-refractivity contribution in [3.05, 3.63) is 0 Å². The average molecular weight is 224 g/mol. The van der Waals surface area contributed by atoms with Gasteiger partial charge in [0, 0.05) is 18.0 Å². The fourth-order valence-corrected chi connectivity index (χ4v) is 3.00. The summed E-state index contributed by atoms with van der Waals surface area (Å²) in [5.41, 5.74) is 6.04. The molecule has 0 aliphatic heterocycles. The number of carbonyl (C=O) groups excluding carboxylic acids is 1. The van der Waals surface area contributed by atoms with Crippen molar-refractivity contribution in [2.75, 3.05) is 0 Å². The maximum absolute atomic E-state index is 12.0. The van der Waals surface area contributed by atoms with Gasteiger partial charge in [-0.1, -0.05) is 32.1 Å². The molecule has 3 N–H and O–H groups in total. The molecule has 0 spiro atoms. The lowest BCUT2D eigenvalue weighted by Gasteiger charge is -2.31. The second kappa shape index (κ2) is 5.67. The summed E-state index contributed by atoms with van der Waals surface area (Å²) in [5.74, 6) is 0.532. The molecule has 0 saturated heterocycles. The molecule has 0 bridgehead atoms. The highest BCUT2D eigenvalue weighted by molar-refractivity contribution is 5.79. The fraction of sp³-hybridized carbons (Fsp3) is 0.923. The number of hydrogen-bond donors (Lipinski definition) is 2. The highest BCUT2D eigenvalue weighted by Gasteiger charge is 2.27. The number of nitrogens with one attached hydrogen (secondary N) is 1. The molecule has 3 nitrogen and oxygen atoms in total. The molecule has 2 rings (SSSR count).